The van der Waals surface area contributed by atoms with Crippen LogP contribution in [0.15, 0.2) is 48.5 Å². The molecule has 0 bridgehead atoms. The average Bonchev–Trinajstić information content (AvgIpc) is 2.30. The van der Waals surface area contributed by atoms with E-state index in [0.29, 0.717) is 11.1 Å². The summed E-state index contributed by atoms with van der Waals surface area (Å²) in [6.07, 6.45) is 0. The molecule has 0 amide bonds. The van der Waals surface area contributed by atoms with Crippen LogP contribution in [0, 0.1) is 0 Å². The maximum Gasteiger partial charge on any atom is 2.00 e. The number of hydrogen-bond acceptors (Lipinski definition) is 3. The zero-order valence-corrected chi connectivity index (χ0v) is 9.59. The van der Waals surface area contributed by atoms with Crippen molar-refractivity contribution in [2.75, 3.05) is 0 Å². The van der Waals surface area contributed by atoms with E-state index >= 15 is 0 Å². The summed E-state index contributed by atoms with van der Waals surface area (Å²) in [7, 11) is 0. The molecular weight excluding hydrogens is 268 g/mol. The third-order valence-corrected chi connectivity index (χ3v) is 2.32. The van der Waals surface area contributed by atoms with Gasteiger partial charge in [0.05, 0.1) is 5.97 Å². The second-order valence-electron chi connectivity index (χ2n) is 3.34. The maximum atomic E-state index is 11.8. The SMILES string of the molecule is O=C([O-])c1cccc(-c2ccccc2)c1[O-].[Cu+2]. The van der Waals surface area contributed by atoms with E-state index in [-0.39, 0.29) is 22.6 Å². The Bertz CT molecular complexity index is 523. The van der Waals surface area contributed by atoms with E-state index in [1.807, 2.05) is 6.07 Å². The normalized spacial score (nSPS) is 9.41. The molecule has 89 valence electrons. The monoisotopic (exact) mass is 275 g/mol. The van der Waals surface area contributed by atoms with Crippen molar-refractivity contribution in [2.45, 2.75) is 0 Å². The number of carboxylic acids is 1. The predicted octanol–water partition coefficient (Wildman–Crippen LogP) is 0.788. The molecule has 0 fully saturated rings. The van der Waals surface area contributed by atoms with Gasteiger partial charge in [-0.25, -0.2) is 0 Å². The Morgan fingerprint density at radius 3 is 2.18 bits per heavy atom. The van der Waals surface area contributed by atoms with E-state index in [2.05, 4.69) is 0 Å². The van der Waals surface area contributed by atoms with Crippen molar-refractivity contribution >= 4 is 5.97 Å². The zero-order chi connectivity index (χ0) is 11.5. The van der Waals surface area contributed by atoms with Gasteiger partial charge in [0.1, 0.15) is 0 Å². The fourth-order valence-corrected chi connectivity index (χ4v) is 1.54. The van der Waals surface area contributed by atoms with E-state index in [1.54, 1.807) is 30.3 Å². The summed E-state index contributed by atoms with van der Waals surface area (Å²) in [6.45, 7) is 0. The van der Waals surface area contributed by atoms with Crippen LogP contribution in [-0.2, 0) is 17.1 Å². The smallest absolute Gasteiger partial charge is 0.872 e. The van der Waals surface area contributed by atoms with E-state index in [1.165, 1.54) is 12.1 Å². The molecule has 2 aromatic carbocycles. The van der Waals surface area contributed by atoms with Gasteiger partial charge in [-0.15, -0.1) is 0 Å². The Morgan fingerprint density at radius 1 is 0.941 bits per heavy atom. The first kappa shape index (κ1) is 13.3. The van der Waals surface area contributed by atoms with Crippen LogP contribution < -0.4 is 10.2 Å². The molecule has 0 aromatic heterocycles. The summed E-state index contributed by atoms with van der Waals surface area (Å²) in [5.41, 5.74) is 0.777. The Morgan fingerprint density at radius 2 is 1.59 bits per heavy atom. The van der Waals surface area contributed by atoms with E-state index in [4.69, 9.17) is 0 Å². The first-order valence-corrected chi connectivity index (χ1v) is 4.77. The van der Waals surface area contributed by atoms with Gasteiger partial charge in [0.15, 0.2) is 0 Å². The number of rotatable bonds is 2. The van der Waals surface area contributed by atoms with Crippen LogP contribution in [-0.4, -0.2) is 5.97 Å². The van der Waals surface area contributed by atoms with Crippen LogP contribution in [0.5, 0.6) is 5.75 Å². The van der Waals surface area contributed by atoms with Crippen LogP contribution >= 0.6 is 0 Å². The summed E-state index contributed by atoms with van der Waals surface area (Å²) in [6, 6.07) is 13.3. The van der Waals surface area contributed by atoms with Crippen molar-refractivity contribution in [3.05, 3.63) is 54.1 Å². The number of benzene rings is 2. The number of aromatic carboxylic acids is 1. The second-order valence-corrected chi connectivity index (χ2v) is 3.34. The molecule has 0 saturated carbocycles. The molecule has 1 radical (unpaired) electrons. The molecule has 0 aliphatic carbocycles. The van der Waals surface area contributed by atoms with Gasteiger partial charge in [-0.05, 0) is 16.7 Å². The van der Waals surface area contributed by atoms with Crippen molar-refractivity contribution in [3.8, 4) is 16.9 Å². The van der Waals surface area contributed by atoms with Crippen molar-refractivity contribution < 1.29 is 32.1 Å². The zero-order valence-electron chi connectivity index (χ0n) is 8.65. The average molecular weight is 276 g/mol. The molecule has 0 unspecified atom stereocenters. The van der Waals surface area contributed by atoms with Crippen LogP contribution in [0.3, 0.4) is 0 Å². The molecule has 4 heteroatoms. The van der Waals surface area contributed by atoms with Crippen molar-refractivity contribution in [1.29, 1.82) is 0 Å². The summed E-state index contributed by atoms with van der Waals surface area (Å²) in [5.74, 6) is -1.95. The maximum absolute atomic E-state index is 11.8. The molecule has 17 heavy (non-hydrogen) atoms. The molecule has 0 saturated heterocycles. The molecule has 0 atom stereocenters. The number of carbonyl (C=O) groups is 1. The minimum Gasteiger partial charge on any atom is -0.872 e. The minimum atomic E-state index is -1.44. The standard InChI is InChI=1S/C13H10O3.Cu/c14-12-10(9-5-2-1-3-6-9)7-4-8-11(12)13(15)16;/h1-8,14H,(H,15,16);/q;+2/p-2. The minimum absolute atomic E-state index is 0. The van der Waals surface area contributed by atoms with Crippen molar-refractivity contribution in [2.24, 2.45) is 0 Å². The number of para-hydroxylation sites is 1. The molecule has 0 heterocycles. The fraction of sp³-hybridized carbons (Fsp3) is 0. The van der Waals surface area contributed by atoms with Gasteiger partial charge >= 0.3 is 17.1 Å². The number of carbonyl (C=O) groups excluding carboxylic acids is 1. The van der Waals surface area contributed by atoms with Gasteiger partial charge < -0.3 is 15.0 Å². The van der Waals surface area contributed by atoms with Gasteiger partial charge in [-0.3, -0.25) is 0 Å². The topological polar surface area (TPSA) is 63.2 Å². The summed E-state index contributed by atoms with van der Waals surface area (Å²) in [4.78, 5) is 10.7. The predicted molar refractivity (Wildman–Crippen MR) is 55.7 cm³/mol. The fourth-order valence-electron chi connectivity index (χ4n) is 1.54. The first-order valence-electron chi connectivity index (χ1n) is 4.77. The Labute approximate surface area is 109 Å². The van der Waals surface area contributed by atoms with Crippen molar-refractivity contribution in [3.63, 3.8) is 0 Å². The van der Waals surface area contributed by atoms with Gasteiger partial charge in [-0.1, -0.05) is 54.3 Å². The molecule has 2 rings (SSSR count). The van der Waals surface area contributed by atoms with Crippen LogP contribution in [0.1, 0.15) is 10.4 Å². The van der Waals surface area contributed by atoms with Gasteiger partial charge in [0.2, 0.25) is 0 Å². The van der Waals surface area contributed by atoms with Gasteiger partial charge in [0, 0.05) is 0 Å². The molecule has 0 aliphatic rings. The Balaban J connectivity index is 0.00000144. The summed E-state index contributed by atoms with van der Waals surface area (Å²) in [5, 5.41) is 22.5. The largest absolute Gasteiger partial charge is 2.00 e. The van der Waals surface area contributed by atoms with Gasteiger partial charge in [0.25, 0.3) is 0 Å². The molecular formula is C13H8CuO3. The summed E-state index contributed by atoms with van der Waals surface area (Å²) >= 11 is 0. The summed E-state index contributed by atoms with van der Waals surface area (Å²) < 4.78 is 0. The van der Waals surface area contributed by atoms with Crippen LogP contribution in [0.4, 0.5) is 0 Å². The third-order valence-electron chi connectivity index (χ3n) is 2.32. The van der Waals surface area contributed by atoms with Crippen molar-refractivity contribution in [1.82, 2.24) is 0 Å². The van der Waals surface area contributed by atoms with Gasteiger partial charge in [-0.2, -0.15) is 0 Å². The first-order chi connectivity index (χ1) is 7.70. The second kappa shape index (κ2) is 5.53. The molecule has 3 nitrogen and oxygen atoms in total. The van der Waals surface area contributed by atoms with E-state index < -0.39 is 11.7 Å². The Hall–Kier alpha value is -1.77. The molecule has 0 aliphatic heterocycles. The third kappa shape index (κ3) is 2.67. The van der Waals surface area contributed by atoms with Crippen LogP contribution in [0.25, 0.3) is 11.1 Å². The van der Waals surface area contributed by atoms with E-state index in [0.717, 1.165) is 0 Å². The molecule has 0 spiro atoms. The number of hydrogen-bond donors (Lipinski definition) is 0. The molecule has 0 N–H and O–H groups in total. The molecule has 2 aromatic rings. The van der Waals surface area contributed by atoms with Crippen LogP contribution in [0.2, 0.25) is 0 Å². The number of carboxylic acid groups (broad SMARTS) is 1. The Kier molecular flexibility index (Phi) is 4.32. The quantitative estimate of drug-likeness (QED) is 0.761. The van der Waals surface area contributed by atoms with E-state index in [9.17, 15) is 15.0 Å².